The van der Waals surface area contributed by atoms with Crippen molar-refractivity contribution in [3.05, 3.63) is 0 Å². The summed E-state index contributed by atoms with van der Waals surface area (Å²) in [7, 11) is 0. The number of aliphatic hydroxyl groups excluding tert-OH is 2. The van der Waals surface area contributed by atoms with Gasteiger partial charge in [-0.2, -0.15) is 0 Å². The summed E-state index contributed by atoms with van der Waals surface area (Å²) in [5, 5.41) is 18.0. The largest absolute Gasteiger partial charge is 0.396 e. The fourth-order valence-corrected chi connectivity index (χ4v) is 3.97. The lowest BCUT2D eigenvalue weighted by atomic mass is 9.64. The first-order valence-electron chi connectivity index (χ1n) is 8.46. The zero-order valence-electron chi connectivity index (χ0n) is 13.0. The van der Waals surface area contributed by atoms with Crippen LogP contribution in [0.4, 0.5) is 0 Å². The summed E-state index contributed by atoms with van der Waals surface area (Å²) in [6, 6.07) is 0. The van der Waals surface area contributed by atoms with E-state index in [1.807, 2.05) is 0 Å². The predicted octanol–water partition coefficient (Wildman–Crippen LogP) is 4.00. The first-order chi connectivity index (χ1) is 9.24. The van der Waals surface area contributed by atoms with Crippen LogP contribution in [0.3, 0.4) is 0 Å². The molecular weight excluding hydrogens is 236 g/mol. The molecule has 0 radical (unpaired) electrons. The number of hydrogen-bond acceptors (Lipinski definition) is 2. The monoisotopic (exact) mass is 270 g/mol. The fourth-order valence-electron chi connectivity index (χ4n) is 3.97. The summed E-state index contributed by atoms with van der Waals surface area (Å²) in [6.45, 7) is 4.99. The third-order valence-corrected chi connectivity index (χ3v) is 4.90. The van der Waals surface area contributed by atoms with Gasteiger partial charge in [0.1, 0.15) is 0 Å². The van der Waals surface area contributed by atoms with E-state index >= 15 is 0 Å². The van der Waals surface area contributed by atoms with Crippen molar-refractivity contribution in [1.82, 2.24) is 0 Å². The van der Waals surface area contributed by atoms with Gasteiger partial charge in [0.05, 0.1) is 0 Å². The molecule has 2 aliphatic rings. The van der Waals surface area contributed by atoms with Crippen LogP contribution in [-0.4, -0.2) is 23.4 Å². The highest BCUT2D eigenvalue weighted by molar-refractivity contribution is 4.86. The van der Waals surface area contributed by atoms with E-state index in [0.717, 1.165) is 36.5 Å². The molecule has 114 valence electrons. The molecule has 2 rings (SSSR count). The van der Waals surface area contributed by atoms with Gasteiger partial charge in [0, 0.05) is 13.2 Å². The fraction of sp³-hybridized carbons (Fsp3) is 1.00. The van der Waals surface area contributed by atoms with Gasteiger partial charge in [0.15, 0.2) is 0 Å². The average molecular weight is 270 g/mol. The van der Waals surface area contributed by atoms with E-state index in [-0.39, 0.29) is 0 Å². The molecule has 2 heteroatoms. The van der Waals surface area contributed by atoms with Crippen LogP contribution in [-0.2, 0) is 0 Å². The Balaban J connectivity index is 0.000000550. The quantitative estimate of drug-likeness (QED) is 0.810. The lowest BCUT2D eigenvalue weighted by Gasteiger charge is -2.42. The van der Waals surface area contributed by atoms with Crippen molar-refractivity contribution in [1.29, 1.82) is 0 Å². The highest BCUT2D eigenvalue weighted by Gasteiger charge is 2.34. The Morgan fingerprint density at radius 3 is 1.42 bits per heavy atom. The molecule has 2 N–H and O–H groups in total. The summed E-state index contributed by atoms with van der Waals surface area (Å²) in [5.41, 5.74) is 0. The molecule has 19 heavy (non-hydrogen) atoms. The second-order valence-corrected chi connectivity index (χ2v) is 6.61. The molecule has 0 heterocycles. The number of hydrogen-bond donors (Lipinski definition) is 2. The third-order valence-electron chi connectivity index (χ3n) is 4.90. The van der Waals surface area contributed by atoms with Crippen LogP contribution in [0.5, 0.6) is 0 Å². The summed E-state index contributed by atoms with van der Waals surface area (Å²) in [5.74, 6) is 3.45. The summed E-state index contributed by atoms with van der Waals surface area (Å²) in [4.78, 5) is 0. The van der Waals surface area contributed by atoms with E-state index in [1.165, 1.54) is 44.9 Å². The minimum Gasteiger partial charge on any atom is -0.396 e. The van der Waals surface area contributed by atoms with Crippen LogP contribution in [0.15, 0.2) is 0 Å². The van der Waals surface area contributed by atoms with Gasteiger partial charge in [-0.15, -0.1) is 0 Å². The molecule has 4 unspecified atom stereocenters. The van der Waals surface area contributed by atoms with Gasteiger partial charge in [0.25, 0.3) is 0 Å². The zero-order valence-corrected chi connectivity index (χ0v) is 13.0. The lowest BCUT2D eigenvalue weighted by molar-refractivity contribution is 0.0784. The standard InChI is InChI=1S/C14H26O2.C3H8/c15-7-5-11-1-3-13-10-12(6-8-16)2-4-14(13)9-11;1-3-2/h11-16H,1-10H2;3H2,1-2H3. The van der Waals surface area contributed by atoms with Crippen molar-refractivity contribution in [2.75, 3.05) is 13.2 Å². The van der Waals surface area contributed by atoms with Crippen LogP contribution < -0.4 is 0 Å². The van der Waals surface area contributed by atoms with Gasteiger partial charge in [-0.25, -0.2) is 0 Å². The van der Waals surface area contributed by atoms with Crippen LogP contribution >= 0.6 is 0 Å². The van der Waals surface area contributed by atoms with Crippen LogP contribution in [0.25, 0.3) is 0 Å². The van der Waals surface area contributed by atoms with E-state index < -0.39 is 0 Å². The highest BCUT2D eigenvalue weighted by Crippen LogP contribution is 2.45. The number of fused-ring (bicyclic) bond motifs is 1. The second kappa shape index (κ2) is 9.77. The van der Waals surface area contributed by atoms with Gasteiger partial charge in [0.2, 0.25) is 0 Å². The van der Waals surface area contributed by atoms with E-state index in [2.05, 4.69) is 13.8 Å². The Morgan fingerprint density at radius 2 is 1.11 bits per heavy atom. The first-order valence-corrected chi connectivity index (χ1v) is 8.46. The van der Waals surface area contributed by atoms with Crippen molar-refractivity contribution < 1.29 is 10.2 Å². The van der Waals surface area contributed by atoms with Crippen molar-refractivity contribution in [3.63, 3.8) is 0 Å². The van der Waals surface area contributed by atoms with Crippen LogP contribution in [0, 0.1) is 23.7 Å². The molecule has 2 aliphatic carbocycles. The predicted molar refractivity (Wildman–Crippen MR) is 81.0 cm³/mol. The molecule has 0 amide bonds. The Labute approximate surface area is 119 Å². The molecule has 0 spiro atoms. The molecule has 0 bridgehead atoms. The summed E-state index contributed by atoms with van der Waals surface area (Å²) in [6.07, 6.45) is 11.4. The number of rotatable bonds is 4. The topological polar surface area (TPSA) is 40.5 Å². The van der Waals surface area contributed by atoms with Crippen molar-refractivity contribution >= 4 is 0 Å². The number of aliphatic hydroxyl groups is 2. The molecule has 2 saturated carbocycles. The molecule has 4 atom stereocenters. The molecular formula is C17H34O2. The zero-order chi connectivity index (χ0) is 14.1. The maximum atomic E-state index is 9.00. The maximum Gasteiger partial charge on any atom is 0.0433 e. The normalized spacial score (nSPS) is 34.1. The molecule has 0 aliphatic heterocycles. The summed E-state index contributed by atoms with van der Waals surface area (Å²) >= 11 is 0. The maximum absolute atomic E-state index is 9.00. The molecule has 0 aromatic heterocycles. The minimum atomic E-state index is 0.370. The van der Waals surface area contributed by atoms with E-state index in [0.29, 0.717) is 13.2 Å². The van der Waals surface area contributed by atoms with Crippen molar-refractivity contribution in [2.24, 2.45) is 23.7 Å². The molecule has 2 fully saturated rings. The summed E-state index contributed by atoms with van der Waals surface area (Å²) < 4.78 is 0. The second-order valence-electron chi connectivity index (χ2n) is 6.61. The average Bonchev–Trinajstić information content (AvgIpc) is 2.40. The third kappa shape index (κ3) is 5.83. The lowest BCUT2D eigenvalue weighted by Crippen LogP contribution is -2.31. The van der Waals surface area contributed by atoms with Crippen molar-refractivity contribution in [2.45, 2.75) is 71.6 Å². The van der Waals surface area contributed by atoms with E-state index in [4.69, 9.17) is 10.2 Å². The van der Waals surface area contributed by atoms with Gasteiger partial charge in [-0.3, -0.25) is 0 Å². The minimum absolute atomic E-state index is 0.370. The highest BCUT2D eigenvalue weighted by atomic mass is 16.3. The van der Waals surface area contributed by atoms with Gasteiger partial charge < -0.3 is 10.2 Å². The van der Waals surface area contributed by atoms with Crippen LogP contribution in [0.2, 0.25) is 0 Å². The first kappa shape index (κ1) is 17.0. The Kier molecular flexibility index (Phi) is 8.72. The smallest absolute Gasteiger partial charge is 0.0433 e. The van der Waals surface area contributed by atoms with E-state index in [9.17, 15) is 0 Å². The molecule has 0 aromatic carbocycles. The Morgan fingerprint density at radius 1 is 0.737 bits per heavy atom. The molecule has 0 saturated heterocycles. The molecule has 0 aromatic rings. The van der Waals surface area contributed by atoms with Gasteiger partial charge in [-0.1, -0.05) is 33.1 Å². The van der Waals surface area contributed by atoms with Crippen LogP contribution in [0.1, 0.15) is 71.6 Å². The van der Waals surface area contributed by atoms with Crippen molar-refractivity contribution in [3.8, 4) is 0 Å². The van der Waals surface area contributed by atoms with Gasteiger partial charge >= 0.3 is 0 Å². The van der Waals surface area contributed by atoms with E-state index in [1.54, 1.807) is 0 Å². The Hall–Kier alpha value is -0.0800. The van der Waals surface area contributed by atoms with Gasteiger partial charge in [-0.05, 0) is 62.2 Å². The Bertz CT molecular complexity index is 195. The SMILES string of the molecule is CCC.OCCC1CCC2CC(CCO)CCC2C1. The molecule has 2 nitrogen and oxygen atoms in total.